The number of benzene rings is 2. The van der Waals surface area contributed by atoms with Crippen LogP contribution in [0.1, 0.15) is 65.7 Å². The molecular formula is C34H46O10S2. The van der Waals surface area contributed by atoms with E-state index >= 15 is 0 Å². The Morgan fingerprint density at radius 3 is 1.96 bits per heavy atom. The predicted molar refractivity (Wildman–Crippen MR) is 170 cm³/mol. The zero-order valence-electron chi connectivity index (χ0n) is 27.3. The van der Waals surface area contributed by atoms with Gasteiger partial charge in [0.2, 0.25) is 0 Å². The lowest BCUT2D eigenvalue weighted by Crippen LogP contribution is -2.67. The number of hydrogen-bond acceptors (Lipinski definition) is 10. The van der Waals surface area contributed by atoms with Gasteiger partial charge in [0.25, 0.3) is 20.2 Å². The Labute approximate surface area is 273 Å². The summed E-state index contributed by atoms with van der Waals surface area (Å²) in [6.07, 6.45) is 4.49. The van der Waals surface area contributed by atoms with Crippen LogP contribution in [0.15, 0.2) is 58.3 Å². The summed E-state index contributed by atoms with van der Waals surface area (Å²) in [7, 11) is -5.37. The van der Waals surface area contributed by atoms with Crippen LogP contribution < -0.4 is 9.47 Å². The van der Waals surface area contributed by atoms with Crippen molar-refractivity contribution in [2.75, 3.05) is 34.0 Å². The Hall–Kier alpha value is -2.22. The van der Waals surface area contributed by atoms with Crippen LogP contribution in [-0.4, -0.2) is 68.2 Å². The summed E-state index contributed by atoms with van der Waals surface area (Å²) >= 11 is 0. The summed E-state index contributed by atoms with van der Waals surface area (Å²) in [5, 5.41) is 0. The molecule has 0 aromatic heterocycles. The van der Waals surface area contributed by atoms with Crippen molar-refractivity contribution in [3.63, 3.8) is 0 Å². The third kappa shape index (κ3) is 5.56. The van der Waals surface area contributed by atoms with Gasteiger partial charge in [0, 0.05) is 23.9 Å². The van der Waals surface area contributed by atoms with E-state index in [1.807, 2.05) is 6.92 Å². The standard InChI is InChI=1S/C34H46O10S2/c1-24-6-15-29-31(2,22-42-45(35,36)27-11-7-25(39-4)8-12-27)30(43-46(37,38)28-13-9-26(40-5)10-14-28)16-17-32(29,3)34(24)19-18-33(44-34)20-21-41-23-33/h7-14,24,29-30H,6,15-23H2,1-5H3/t24-,29-,30+,31+,32+,33+,34+/m1/s1. The number of ether oxygens (including phenoxy) is 4. The molecule has 4 aliphatic rings. The minimum absolute atomic E-state index is 0.00479. The van der Waals surface area contributed by atoms with Crippen LogP contribution >= 0.6 is 0 Å². The van der Waals surface area contributed by atoms with Crippen LogP contribution in [-0.2, 0) is 38.1 Å². The molecule has 46 heavy (non-hydrogen) atoms. The van der Waals surface area contributed by atoms with Gasteiger partial charge in [0.15, 0.2) is 0 Å². The maximum atomic E-state index is 13.7. The van der Waals surface area contributed by atoms with Crippen LogP contribution in [0.25, 0.3) is 0 Å². The highest BCUT2D eigenvalue weighted by Crippen LogP contribution is 2.68. The van der Waals surface area contributed by atoms with Crippen molar-refractivity contribution in [1.29, 1.82) is 0 Å². The van der Waals surface area contributed by atoms with E-state index < -0.39 is 37.4 Å². The van der Waals surface area contributed by atoms with Crippen LogP contribution in [0.4, 0.5) is 0 Å². The molecule has 2 aromatic rings. The second-order valence-corrected chi connectivity index (χ2v) is 17.3. The van der Waals surface area contributed by atoms with Gasteiger partial charge in [-0.05, 0) is 98.9 Å². The van der Waals surface area contributed by atoms with Gasteiger partial charge >= 0.3 is 0 Å². The first kappa shape index (κ1) is 33.7. The molecule has 2 saturated heterocycles. The molecule has 0 N–H and O–H groups in total. The maximum Gasteiger partial charge on any atom is 0.297 e. The summed E-state index contributed by atoms with van der Waals surface area (Å²) in [5.41, 5.74) is -2.15. The quantitative estimate of drug-likeness (QED) is 0.303. The zero-order valence-corrected chi connectivity index (χ0v) is 29.0. The lowest BCUT2D eigenvalue weighted by atomic mass is 9.43. The van der Waals surface area contributed by atoms with E-state index in [9.17, 15) is 16.8 Å². The Morgan fingerprint density at radius 1 is 0.783 bits per heavy atom. The zero-order chi connectivity index (χ0) is 33.0. The average molecular weight is 679 g/mol. The highest BCUT2D eigenvalue weighted by molar-refractivity contribution is 7.87. The highest BCUT2D eigenvalue weighted by atomic mass is 32.2. The Bertz CT molecular complexity index is 1620. The molecule has 10 nitrogen and oxygen atoms in total. The molecule has 2 spiro atoms. The minimum atomic E-state index is -4.21. The molecule has 2 aliphatic heterocycles. The molecule has 2 aliphatic carbocycles. The normalized spacial score (nSPS) is 36.2. The number of fused-ring (bicyclic) bond motifs is 2. The lowest BCUT2D eigenvalue weighted by Gasteiger charge is -2.65. The van der Waals surface area contributed by atoms with Crippen molar-refractivity contribution in [2.45, 2.75) is 92.8 Å². The van der Waals surface area contributed by atoms with E-state index in [2.05, 4.69) is 13.8 Å². The van der Waals surface area contributed by atoms with Crippen LogP contribution in [0.2, 0.25) is 0 Å². The van der Waals surface area contributed by atoms with Gasteiger partial charge in [0.05, 0.1) is 54.5 Å². The maximum absolute atomic E-state index is 13.7. The Kier molecular flexibility index (Phi) is 8.81. The third-order valence-corrected chi connectivity index (χ3v) is 14.4. The minimum Gasteiger partial charge on any atom is -0.497 e. The Balaban J connectivity index is 1.36. The molecule has 6 rings (SSSR count). The molecule has 2 saturated carbocycles. The van der Waals surface area contributed by atoms with E-state index in [1.165, 1.54) is 38.5 Å². The summed E-state index contributed by atoms with van der Waals surface area (Å²) in [6, 6.07) is 12.1. The van der Waals surface area contributed by atoms with E-state index in [4.69, 9.17) is 27.3 Å². The van der Waals surface area contributed by atoms with Crippen molar-refractivity contribution < 1.29 is 44.1 Å². The van der Waals surface area contributed by atoms with Gasteiger partial charge in [-0.15, -0.1) is 0 Å². The van der Waals surface area contributed by atoms with Gasteiger partial charge < -0.3 is 18.9 Å². The first-order chi connectivity index (χ1) is 21.7. The summed E-state index contributed by atoms with van der Waals surface area (Å²) in [6.45, 7) is 7.46. The molecule has 2 heterocycles. The molecule has 4 fully saturated rings. The first-order valence-electron chi connectivity index (χ1n) is 16.1. The molecule has 2 aromatic carbocycles. The fraction of sp³-hybridized carbons (Fsp3) is 0.647. The second kappa shape index (κ2) is 12.0. The SMILES string of the molecule is COc1ccc(S(=O)(=O)OC[C@]2(C)[C@@H](OS(=O)(=O)c3ccc(OC)cc3)CC[C@@]3(C)[C@@H]2CC[C@@H](C)[C@@]32CC[C@@]3(CCOC3)O2)cc1. The molecule has 0 bridgehead atoms. The van der Waals surface area contributed by atoms with E-state index in [1.54, 1.807) is 24.3 Å². The van der Waals surface area contributed by atoms with Gasteiger partial charge in [0.1, 0.15) is 11.5 Å². The molecule has 254 valence electrons. The van der Waals surface area contributed by atoms with Gasteiger partial charge in [-0.1, -0.05) is 20.8 Å². The van der Waals surface area contributed by atoms with Gasteiger partial charge in [-0.25, -0.2) is 0 Å². The monoisotopic (exact) mass is 678 g/mol. The number of hydrogen-bond donors (Lipinski definition) is 0. The number of rotatable bonds is 9. The van der Waals surface area contributed by atoms with Crippen molar-refractivity contribution >= 4 is 20.2 Å². The largest absolute Gasteiger partial charge is 0.497 e. The van der Waals surface area contributed by atoms with E-state index in [0.717, 1.165) is 32.1 Å². The lowest BCUT2D eigenvalue weighted by molar-refractivity contribution is -0.262. The average Bonchev–Trinajstić information content (AvgIpc) is 3.68. The van der Waals surface area contributed by atoms with E-state index in [0.29, 0.717) is 37.6 Å². The Morgan fingerprint density at radius 2 is 1.39 bits per heavy atom. The molecule has 0 radical (unpaired) electrons. The van der Waals surface area contributed by atoms with Crippen LogP contribution in [0.5, 0.6) is 11.5 Å². The van der Waals surface area contributed by atoms with Crippen molar-refractivity contribution in [2.24, 2.45) is 22.7 Å². The highest BCUT2D eigenvalue weighted by Gasteiger charge is 2.70. The van der Waals surface area contributed by atoms with Crippen molar-refractivity contribution in [3.8, 4) is 11.5 Å². The molecular weight excluding hydrogens is 632 g/mol. The smallest absolute Gasteiger partial charge is 0.297 e. The molecule has 12 heteroatoms. The summed E-state index contributed by atoms with van der Waals surface area (Å²) < 4.78 is 89.8. The van der Waals surface area contributed by atoms with Crippen LogP contribution in [0, 0.1) is 22.7 Å². The summed E-state index contributed by atoms with van der Waals surface area (Å²) in [5.74, 6) is 1.17. The van der Waals surface area contributed by atoms with Crippen molar-refractivity contribution in [3.05, 3.63) is 48.5 Å². The second-order valence-electron chi connectivity index (χ2n) is 14.1. The number of methoxy groups -OCH3 is 2. The first-order valence-corrected chi connectivity index (χ1v) is 18.9. The fourth-order valence-corrected chi connectivity index (χ4v) is 11.3. The topological polar surface area (TPSA) is 124 Å². The summed E-state index contributed by atoms with van der Waals surface area (Å²) in [4.78, 5) is 0.00151. The third-order valence-electron chi connectivity index (χ3n) is 11.8. The predicted octanol–water partition coefficient (Wildman–Crippen LogP) is 5.74. The van der Waals surface area contributed by atoms with E-state index in [-0.39, 0.29) is 39.2 Å². The molecule has 0 unspecified atom stereocenters. The van der Waals surface area contributed by atoms with Gasteiger partial charge in [-0.2, -0.15) is 16.8 Å². The molecule has 7 atom stereocenters. The van der Waals surface area contributed by atoms with Crippen LogP contribution in [0.3, 0.4) is 0 Å². The molecule has 0 amide bonds. The fourth-order valence-electron chi connectivity index (χ4n) is 9.09. The van der Waals surface area contributed by atoms with Crippen molar-refractivity contribution in [1.82, 2.24) is 0 Å². The van der Waals surface area contributed by atoms with Gasteiger partial charge in [-0.3, -0.25) is 8.37 Å².